The summed E-state index contributed by atoms with van der Waals surface area (Å²) in [5, 5.41) is 6.69. The minimum Gasteiger partial charge on any atom is -0.263 e. The van der Waals surface area contributed by atoms with Crippen LogP contribution in [0, 0.1) is 5.92 Å². The lowest BCUT2D eigenvalue weighted by Gasteiger charge is -2.00. The van der Waals surface area contributed by atoms with Crippen molar-refractivity contribution in [1.29, 1.82) is 0 Å². The summed E-state index contributed by atoms with van der Waals surface area (Å²) in [6.45, 7) is 2.17. The van der Waals surface area contributed by atoms with Crippen LogP contribution >= 0.6 is 0 Å². The van der Waals surface area contributed by atoms with E-state index in [1.54, 1.807) is 0 Å². The van der Waals surface area contributed by atoms with Crippen LogP contribution in [-0.2, 0) is 6.42 Å². The Balaban J connectivity index is 2.11. The zero-order valence-electron chi connectivity index (χ0n) is 8.14. The van der Waals surface area contributed by atoms with Crippen molar-refractivity contribution in [3.63, 3.8) is 0 Å². The first-order valence-electron chi connectivity index (χ1n) is 4.74. The van der Waals surface area contributed by atoms with Gasteiger partial charge in [0, 0.05) is 6.42 Å². The molecule has 0 radical (unpaired) electrons. The average molecular weight is 187 g/mol. The molecule has 0 aromatic carbocycles. The van der Waals surface area contributed by atoms with Gasteiger partial charge in [0.25, 0.3) is 0 Å². The predicted octanol–water partition coefficient (Wildman–Crippen LogP) is 2.04. The van der Waals surface area contributed by atoms with Gasteiger partial charge in [-0.3, -0.25) is 5.10 Å². The van der Waals surface area contributed by atoms with Crippen LogP contribution in [-0.4, -0.2) is 15.2 Å². The summed E-state index contributed by atoms with van der Waals surface area (Å²) >= 11 is 0. The second kappa shape index (κ2) is 4.05. The summed E-state index contributed by atoms with van der Waals surface area (Å²) in [7, 11) is 0. The van der Waals surface area contributed by atoms with Crippen molar-refractivity contribution in [3.8, 4) is 0 Å². The molecule has 3 heteroatoms. The van der Waals surface area contributed by atoms with E-state index in [0.29, 0.717) is 5.92 Å². The summed E-state index contributed by atoms with van der Waals surface area (Å²) in [6.07, 6.45) is 13.0. The van der Waals surface area contributed by atoms with Crippen LogP contribution in [0.4, 0.5) is 0 Å². The highest BCUT2D eigenvalue weighted by Gasteiger charge is 2.02. The highest BCUT2D eigenvalue weighted by molar-refractivity contribution is 5.29. The van der Waals surface area contributed by atoms with Crippen molar-refractivity contribution in [3.05, 3.63) is 48.1 Å². The number of aromatic nitrogens is 3. The Kier molecular flexibility index (Phi) is 2.58. The molecular weight excluding hydrogens is 174 g/mol. The average Bonchev–Trinajstić information content (AvgIpc) is 2.56. The SMILES string of the molecule is CC1C=CC=CC(Cc2ncn[nH]2)=C1. The van der Waals surface area contributed by atoms with Crippen molar-refractivity contribution < 1.29 is 0 Å². The molecule has 14 heavy (non-hydrogen) atoms. The highest BCUT2D eigenvalue weighted by atomic mass is 15.2. The summed E-state index contributed by atoms with van der Waals surface area (Å²) in [5.74, 6) is 1.40. The molecule has 0 bridgehead atoms. The quantitative estimate of drug-likeness (QED) is 0.769. The lowest BCUT2D eigenvalue weighted by Crippen LogP contribution is -1.93. The number of H-pyrrole nitrogens is 1. The van der Waals surface area contributed by atoms with Gasteiger partial charge < -0.3 is 0 Å². The van der Waals surface area contributed by atoms with E-state index in [0.717, 1.165) is 12.2 Å². The zero-order valence-corrected chi connectivity index (χ0v) is 8.14. The Hall–Kier alpha value is -1.64. The Morgan fingerprint density at radius 3 is 3.14 bits per heavy atom. The maximum absolute atomic E-state index is 4.10. The lowest BCUT2D eigenvalue weighted by atomic mass is 10.1. The second-order valence-corrected chi connectivity index (χ2v) is 3.45. The van der Waals surface area contributed by atoms with Crippen molar-refractivity contribution in [1.82, 2.24) is 15.2 Å². The zero-order chi connectivity index (χ0) is 9.80. The number of hydrogen-bond donors (Lipinski definition) is 1. The maximum Gasteiger partial charge on any atom is 0.137 e. The van der Waals surface area contributed by atoms with Crippen molar-refractivity contribution in [2.45, 2.75) is 13.3 Å². The van der Waals surface area contributed by atoms with Gasteiger partial charge in [0.05, 0.1) is 0 Å². The van der Waals surface area contributed by atoms with Crippen molar-refractivity contribution in [2.75, 3.05) is 0 Å². The molecule has 1 aliphatic carbocycles. The van der Waals surface area contributed by atoms with Gasteiger partial charge in [-0.2, -0.15) is 5.10 Å². The molecule has 72 valence electrons. The molecule has 1 N–H and O–H groups in total. The van der Waals surface area contributed by atoms with Gasteiger partial charge in [-0.25, -0.2) is 4.98 Å². The standard InChI is InChI=1S/C11H13N3/c1-9-4-2-3-5-10(6-9)7-11-12-8-13-14-11/h2-6,8-9H,7H2,1H3,(H,12,13,14). The Morgan fingerprint density at radius 2 is 2.36 bits per heavy atom. The van der Waals surface area contributed by atoms with Gasteiger partial charge in [-0.15, -0.1) is 0 Å². The summed E-state index contributed by atoms with van der Waals surface area (Å²) in [5.41, 5.74) is 1.28. The number of nitrogens with one attached hydrogen (secondary N) is 1. The monoisotopic (exact) mass is 187 g/mol. The summed E-state index contributed by atoms with van der Waals surface area (Å²) < 4.78 is 0. The molecule has 0 amide bonds. The molecule has 1 heterocycles. The smallest absolute Gasteiger partial charge is 0.137 e. The van der Waals surface area contributed by atoms with Gasteiger partial charge in [-0.05, 0) is 11.5 Å². The highest BCUT2D eigenvalue weighted by Crippen LogP contribution is 2.13. The number of nitrogens with zero attached hydrogens (tertiary/aromatic N) is 2. The molecule has 0 spiro atoms. The van der Waals surface area contributed by atoms with E-state index < -0.39 is 0 Å². The van der Waals surface area contributed by atoms with Gasteiger partial charge in [0.1, 0.15) is 12.2 Å². The maximum atomic E-state index is 4.10. The summed E-state index contributed by atoms with van der Waals surface area (Å²) in [4.78, 5) is 4.10. The molecule has 3 nitrogen and oxygen atoms in total. The molecule has 2 rings (SSSR count). The van der Waals surface area contributed by atoms with Crippen LogP contribution in [0.3, 0.4) is 0 Å². The van der Waals surface area contributed by atoms with Crippen LogP contribution in [0.1, 0.15) is 12.7 Å². The molecule has 1 aromatic heterocycles. The number of hydrogen-bond acceptors (Lipinski definition) is 2. The van der Waals surface area contributed by atoms with Gasteiger partial charge in [-0.1, -0.05) is 37.3 Å². The molecule has 0 saturated heterocycles. The predicted molar refractivity (Wildman–Crippen MR) is 55.6 cm³/mol. The van der Waals surface area contributed by atoms with Crippen LogP contribution in [0.15, 0.2) is 42.3 Å². The van der Waals surface area contributed by atoms with Crippen LogP contribution in [0.5, 0.6) is 0 Å². The minimum atomic E-state index is 0.489. The Bertz CT molecular complexity index is 371. The van der Waals surface area contributed by atoms with Crippen LogP contribution < -0.4 is 0 Å². The lowest BCUT2D eigenvalue weighted by molar-refractivity contribution is 0.908. The molecule has 0 fully saturated rings. The van der Waals surface area contributed by atoms with E-state index in [2.05, 4.69) is 52.5 Å². The molecular formula is C11H13N3. The first-order valence-corrected chi connectivity index (χ1v) is 4.74. The van der Waals surface area contributed by atoms with E-state index in [-0.39, 0.29) is 0 Å². The fraction of sp³-hybridized carbons (Fsp3) is 0.273. The normalized spacial score (nSPS) is 20.6. The van der Waals surface area contributed by atoms with E-state index in [4.69, 9.17) is 0 Å². The topological polar surface area (TPSA) is 41.6 Å². The first-order chi connectivity index (χ1) is 6.84. The van der Waals surface area contributed by atoms with Crippen molar-refractivity contribution in [2.24, 2.45) is 5.92 Å². The number of rotatable bonds is 2. The van der Waals surface area contributed by atoms with Crippen molar-refractivity contribution >= 4 is 0 Å². The number of aromatic amines is 1. The fourth-order valence-corrected chi connectivity index (χ4v) is 1.49. The molecule has 1 aliphatic rings. The molecule has 0 aliphatic heterocycles. The Morgan fingerprint density at radius 1 is 1.43 bits per heavy atom. The van der Waals surface area contributed by atoms with Crippen LogP contribution in [0.2, 0.25) is 0 Å². The fourth-order valence-electron chi connectivity index (χ4n) is 1.49. The first kappa shape index (κ1) is 8.94. The third-order valence-electron chi connectivity index (χ3n) is 2.15. The largest absolute Gasteiger partial charge is 0.263 e. The third kappa shape index (κ3) is 2.19. The second-order valence-electron chi connectivity index (χ2n) is 3.45. The molecule has 0 saturated carbocycles. The Labute approximate surface area is 83.3 Å². The molecule has 1 unspecified atom stereocenters. The van der Waals surface area contributed by atoms with Gasteiger partial charge in [0.2, 0.25) is 0 Å². The van der Waals surface area contributed by atoms with Gasteiger partial charge >= 0.3 is 0 Å². The van der Waals surface area contributed by atoms with Crippen LogP contribution in [0.25, 0.3) is 0 Å². The molecule has 1 atom stereocenters. The van der Waals surface area contributed by atoms with E-state index in [9.17, 15) is 0 Å². The van der Waals surface area contributed by atoms with E-state index in [1.165, 1.54) is 11.9 Å². The van der Waals surface area contributed by atoms with E-state index in [1.807, 2.05) is 0 Å². The third-order valence-corrected chi connectivity index (χ3v) is 2.15. The van der Waals surface area contributed by atoms with E-state index >= 15 is 0 Å². The summed E-state index contributed by atoms with van der Waals surface area (Å²) in [6, 6.07) is 0. The molecule has 1 aromatic rings. The number of allylic oxidation sites excluding steroid dienone is 6. The van der Waals surface area contributed by atoms with Gasteiger partial charge in [0.15, 0.2) is 0 Å². The minimum absolute atomic E-state index is 0.489.